The van der Waals surface area contributed by atoms with Crippen LogP contribution in [0.1, 0.15) is 27.7 Å². The molecule has 0 aliphatic heterocycles. The number of carbonyl (C=O) groups is 2. The summed E-state index contributed by atoms with van der Waals surface area (Å²) < 4.78 is 5.98. The minimum atomic E-state index is -1.39. The van der Waals surface area contributed by atoms with Gasteiger partial charge in [-0.2, -0.15) is 10.5 Å². The Morgan fingerprint density at radius 1 is 1.22 bits per heavy atom. The van der Waals surface area contributed by atoms with Crippen LogP contribution in [0.25, 0.3) is 11.3 Å². The van der Waals surface area contributed by atoms with Crippen molar-refractivity contribution < 1.29 is 19.4 Å². The SMILES string of the molecule is COC(=O)NNC(O)c1cc(Cl)cc(C)c1NC(=O)c1cn(C)nc1-c1ccccc1Cl. The highest BCUT2D eigenvalue weighted by Gasteiger charge is 2.23. The Bertz CT molecular complexity index is 1170. The Balaban J connectivity index is 1.96. The molecule has 0 fully saturated rings. The average Bonchev–Trinajstić information content (AvgIpc) is 3.15. The van der Waals surface area contributed by atoms with E-state index in [1.165, 1.54) is 17.9 Å². The number of rotatable bonds is 6. The molecule has 4 N–H and O–H groups in total. The second-order valence-electron chi connectivity index (χ2n) is 6.85. The number of carbonyl (C=O) groups excluding carboxylic acids is 2. The highest BCUT2D eigenvalue weighted by molar-refractivity contribution is 6.33. The maximum absolute atomic E-state index is 13.2. The number of hydrogen-bond donors (Lipinski definition) is 4. The minimum Gasteiger partial charge on any atom is -0.452 e. The first-order valence-corrected chi connectivity index (χ1v) is 10.1. The smallest absolute Gasteiger partial charge is 0.421 e. The number of aliphatic hydroxyl groups excluding tert-OH is 1. The van der Waals surface area contributed by atoms with Gasteiger partial charge in [-0.3, -0.25) is 14.9 Å². The maximum Gasteiger partial charge on any atom is 0.421 e. The second-order valence-corrected chi connectivity index (χ2v) is 7.69. The number of aryl methyl sites for hydroxylation is 2. The largest absolute Gasteiger partial charge is 0.452 e. The van der Waals surface area contributed by atoms with Gasteiger partial charge in [0.05, 0.1) is 23.4 Å². The third kappa shape index (κ3) is 5.20. The predicted octanol–water partition coefficient (Wildman–Crippen LogP) is 3.81. The molecule has 1 heterocycles. The first kappa shape index (κ1) is 23.6. The van der Waals surface area contributed by atoms with E-state index in [9.17, 15) is 14.7 Å². The van der Waals surface area contributed by atoms with Crippen molar-refractivity contribution in [3.8, 4) is 11.3 Å². The molecule has 0 bridgehead atoms. The maximum atomic E-state index is 13.2. The summed E-state index contributed by atoms with van der Waals surface area (Å²) in [6.45, 7) is 1.73. The van der Waals surface area contributed by atoms with Crippen LogP contribution in [-0.4, -0.2) is 34.0 Å². The zero-order valence-electron chi connectivity index (χ0n) is 17.4. The van der Waals surface area contributed by atoms with Gasteiger partial charge < -0.3 is 15.2 Å². The quantitative estimate of drug-likeness (QED) is 0.316. The highest BCUT2D eigenvalue weighted by atomic mass is 35.5. The van der Waals surface area contributed by atoms with Crippen LogP contribution in [-0.2, 0) is 11.8 Å². The monoisotopic (exact) mass is 477 g/mol. The zero-order chi connectivity index (χ0) is 23.4. The molecule has 2 amide bonds. The third-order valence-corrected chi connectivity index (χ3v) is 5.11. The molecule has 2 aromatic carbocycles. The molecule has 3 aromatic rings. The Morgan fingerprint density at radius 2 is 1.94 bits per heavy atom. The molecular weight excluding hydrogens is 457 g/mol. The van der Waals surface area contributed by atoms with Crippen LogP contribution in [0.5, 0.6) is 0 Å². The van der Waals surface area contributed by atoms with Gasteiger partial charge in [0.2, 0.25) is 0 Å². The number of aromatic nitrogens is 2. The summed E-state index contributed by atoms with van der Waals surface area (Å²) in [4.78, 5) is 24.5. The van der Waals surface area contributed by atoms with E-state index in [2.05, 4.69) is 26.0 Å². The van der Waals surface area contributed by atoms with Crippen molar-refractivity contribution in [2.24, 2.45) is 7.05 Å². The van der Waals surface area contributed by atoms with E-state index in [-0.39, 0.29) is 11.1 Å². The van der Waals surface area contributed by atoms with Gasteiger partial charge in [-0.05, 0) is 30.7 Å². The molecule has 0 radical (unpaired) electrons. The van der Waals surface area contributed by atoms with E-state index in [0.29, 0.717) is 32.6 Å². The van der Waals surface area contributed by atoms with E-state index >= 15 is 0 Å². The number of hydrogen-bond acceptors (Lipinski definition) is 6. The lowest BCUT2D eigenvalue weighted by atomic mass is 10.0. The van der Waals surface area contributed by atoms with Crippen LogP contribution in [0.2, 0.25) is 10.0 Å². The fourth-order valence-electron chi connectivity index (χ4n) is 3.10. The fourth-order valence-corrected chi connectivity index (χ4v) is 3.61. The number of hydrazine groups is 1. The number of nitrogens with zero attached hydrogens (tertiary/aromatic N) is 2. The summed E-state index contributed by atoms with van der Waals surface area (Å²) >= 11 is 12.4. The van der Waals surface area contributed by atoms with Gasteiger partial charge >= 0.3 is 6.09 Å². The minimum absolute atomic E-state index is 0.239. The number of anilines is 1. The van der Waals surface area contributed by atoms with E-state index in [1.54, 1.807) is 50.5 Å². The van der Waals surface area contributed by atoms with Crippen LogP contribution < -0.4 is 16.2 Å². The number of halogens is 2. The van der Waals surface area contributed by atoms with E-state index in [4.69, 9.17) is 23.2 Å². The zero-order valence-corrected chi connectivity index (χ0v) is 19.0. The number of aliphatic hydroxyl groups is 1. The summed E-state index contributed by atoms with van der Waals surface area (Å²) in [7, 11) is 2.88. The van der Waals surface area contributed by atoms with E-state index < -0.39 is 18.2 Å². The molecule has 0 aliphatic rings. The summed E-state index contributed by atoms with van der Waals surface area (Å²) in [6.07, 6.45) is -0.612. The van der Waals surface area contributed by atoms with Crippen LogP contribution in [0.15, 0.2) is 42.6 Å². The molecule has 11 heteroatoms. The van der Waals surface area contributed by atoms with Crippen molar-refractivity contribution in [1.29, 1.82) is 0 Å². The molecule has 32 heavy (non-hydrogen) atoms. The summed E-state index contributed by atoms with van der Waals surface area (Å²) in [5, 5.41) is 18.5. The van der Waals surface area contributed by atoms with Gasteiger partial charge in [0.25, 0.3) is 5.91 Å². The average molecular weight is 478 g/mol. The van der Waals surface area contributed by atoms with Crippen LogP contribution in [0, 0.1) is 6.92 Å². The van der Waals surface area contributed by atoms with Crippen LogP contribution >= 0.6 is 23.2 Å². The standard InChI is InChI=1S/C21H21Cl2N5O4/c1-11-8-12(22)9-14(20(30)25-26-21(31)32-3)17(11)24-19(29)15-10-28(2)27-18(15)13-6-4-5-7-16(13)23/h4-10,20,25,30H,1-3H3,(H,24,29)(H,26,31). The Kier molecular flexibility index (Phi) is 7.37. The van der Waals surface area contributed by atoms with Gasteiger partial charge in [0.15, 0.2) is 0 Å². The molecule has 9 nitrogen and oxygen atoms in total. The molecule has 1 aromatic heterocycles. The molecule has 168 valence electrons. The lowest BCUT2D eigenvalue weighted by molar-refractivity contribution is 0.102. The van der Waals surface area contributed by atoms with Gasteiger partial charge in [-0.25, -0.2) is 4.79 Å². The molecule has 1 unspecified atom stereocenters. The molecule has 1 atom stereocenters. The number of amides is 2. The van der Waals surface area contributed by atoms with Crippen LogP contribution in [0.3, 0.4) is 0 Å². The lowest BCUT2D eigenvalue weighted by Gasteiger charge is -2.20. The highest BCUT2D eigenvalue weighted by Crippen LogP contribution is 2.32. The first-order valence-electron chi connectivity index (χ1n) is 9.38. The summed E-state index contributed by atoms with van der Waals surface area (Å²) in [5.74, 6) is -0.465. The first-order chi connectivity index (χ1) is 15.2. The van der Waals surface area contributed by atoms with Crippen molar-refractivity contribution in [2.45, 2.75) is 13.2 Å². The lowest BCUT2D eigenvalue weighted by Crippen LogP contribution is -2.40. The Morgan fingerprint density at radius 3 is 2.62 bits per heavy atom. The van der Waals surface area contributed by atoms with E-state index in [0.717, 1.165) is 0 Å². The third-order valence-electron chi connectivity index (χ3n) is 4.56. The number of benzene rings is 2. The molecular formula is C21H21Cl2N5O4. The normalized spacial score (nSPS) is 11.7. The molecule has 0 saturated heterocycles. The summed E-state index contributed by atoms with van der Waals surface area (Å²) in [5.41, 5.74) is 7.04. The second kappa shape index (κ2) is 10.0. The number of methoxy groups -OCH3 is 1. The molecule has 0 spiro atoms. The number of nitrogens with one attached hydrogen (secondary N) is 3. The number of ether oxygens (including phenoxy) is 1. The predicted molar refractivity (Wildman–Crippen MR) is 121 cm³/mol. The molecule has 0 aliphatic carbocycles. The molecule has 3 rings (SSSR count). The Labute approximate surface area is 194 Å². The van der Waals surface area contributed by atoms with Crippen molar-refractivity contribution in [2.75, 3.05) is 12.4 Å². The van der Waals surface area contributed by atoms with Gasteiger partial charge in [0, 0.05) is 29.4 Å². The van der Waals surface area contributed by atoms with Gasteiger partial charge in [-0.1, -0.05) is 41.4 Å². The van der Waals surface area contributed by atoms with Crippen LogP contribution in [0.4, 0.5) is 10.5 Å². The van der Waals surface area contributed by atoms with Gasteiger partial charge in [-0.15, -0.1) is 0 Å². The van der Waals surface area contributed by atoms with Crippen molar-refractivity contribution in [3.63, 3.8) is 0 Å². The topological polar surface area (TPSA) is 118 Å². The Hall–Kier alpha value is -3.11. The van der Waals surface area contributed by atoms with Gasteiger partial charge in [0.1, 0.15) is 11.9 Å². The van der Waals surface area contributed by atoms with Crippen molar-refractivity contribution >= 4 is 40.9 Å². The fraction of sp³-hybridized carbons (Fsp3) is 0.190. The summed E-state index contributed by atoms with van der Waals surface area (Å²) in [6, 6.07) is 10.2. The van der Waals surface area contributed by atoms with E-state index in [1.807, 2.05) is 0 Å². The van der Waals surface area contributed by atoms with Crippen molar-refractivity contribution in [1.82, 2.24) is 20.6 Å². The molecule has 0 saturated carbocycles. The van der Waals surface area contributed by atoms with Crippen molar-refractivity contribution in [3.05, 3.63) is 69.3 Å².